The van der Waals surface area contributed by atoms with E-state index in [4.69, 9.17) is 11.5 Å². The summed E-state index contributed by atoms with van der Waals surface area (Å²) in [6, 6.07) is 3.20. The monoisotopic (exact) mass is 501 g/mol. The molecule has 0 fully saturated rings. The van der Waals surface area contributed by atoms with Crippen molar-refractivity contribution in [1.29, 1.82) is 0 Å². The molecule has 0 bridgehead atoms. The van der Waals surface area contributed by atoms with Crippen LogP contribution < -0.4 is 22.1 Å². The molecule has 2 aromatic rings. The Labute approximate surface area is 209 Å². The van der Waals surface area contributed by atoms with Gasteiger partial charge in [0.2, 0.25) is 17.7 Å². The summed E-state index contributed by atoms with van der Waals surface area (Å²) < 4.78 is 0. The molecule has 0 saturated carbocycles. The lowest BCUT2D eigenvalue weighted by Crippen LogP contribution is -2.56. The predicted molar refractivity (Wildman–Crippen MR) is 134 cm³/mol. The number of non-ortho nitro benzene ring substituents is 1. The number of aromatic amines is 1. The predicted octanol–water partition coefficient (Wildman–Crippen LogP) is 1.40. The van der Waals surface area contributed by atoms with E-state index in [0.717, 1.165) is 0 Å². The van der Waals surface area contributed by atoms with Gasteiger partial charge in [0, 0.05) is 29.8 Å². The molecule has 36 heavy (non-hydrogen) atoms. The number of aromatic nitrogens is 2. The van der Waals surface area contributed by atoms with E-state index in [1.54, 1.807) is 12.1 Å². The molecule has 0 spiro atoms. The molecule has 0 aliphatic carbocycles. The second kappa shape index (κ2) is 12.8. The Hall–Kier alpha value is -3.80. The topological polar surface area (TPSA) is 199 Å². The smallest absolute Gasteiger partial charge is 0.270 e. The molecular formula is C24H35N7O5. The van der Waals surface area contributed by atoms with Crippen molar-refractivity contribution in [3.05, 3.63) is 46.4 Å². The number of nitro groups is 1. The van der Waals surface area contributed by atoms with Crippen LogP contribution >= 0.6 is 0 Å². The number of primary amides is 1. The van der Waals surface area contributed by atoms with Gasteiger partial charge >= 0.3 is 0 Å². The summed E-state index contributed by atoms with van der Waals surface area (Å²) in [5, 5.41) is 16.4. The van der Waals surface area contributed by atoms with Gasteiger partial charge in [0.1, 0.15) is 12.1 Å². The van der Waals surface area contributed by atoms with Gasteiger partial charge in [-0.3, -0.25) is 24.5 Å². The summed E-state index contributed by atoms with van der Waals surface area (Å²) >= 11 is 0. The number of nitrogens with one attached hydrogen (secondary N) is 3. The summed E-state index contributed by atoms with van der Waals surface area (Å²) in [5.74, 6) is -1.51. The molecule has 0 aliphatic heterocycles. The molecule has 0 radical (unpaired) electrons. The first-order valence-electron chi connectivity index (χ1n) is 11.8. The van der Waals surface area contributed by atoms with Crippen molar-refractivity contribution >= 4 is 23.4 Å². The minimum Gasteiger partial charge on any atom is -0.368 e. The molecular weight excluding hydrogens is 466 g/mol. The van der Waals surface area contributed by atoms with Gasteiger partial charge in [0.05, 0.1) is 23.0 Å². The third-order valence-corrected chi connectivity index (χ3v) is 5.52. The van der Waals surface area contributed by atoms with Crippen LogP contribution in [-0.2, 0) is 20.8 Å². The van der Waals surface area contributed by atoms with Crippen molar-refractivity contribution in [2.75, 3.05) is 0 Å². The van der Waals surface area contributed by atoms with Gasteiger partial charge in [-0.2, -0.15) is 0 Å². The highest BCUT2D eigenvalue weighted by molar-refractivity contribution is 5.92. The van der Waals surface area contributed by atoms with Gasteiger partial charge in [-0.1, -0.05) is 39.8 Å². The van der Waals surface area contributed by atoms with Crippen LogP contribution in [0.3, 0.4) is 0 Å². The quantitative estimate of drug-likeness (QED) is 0.202. The van der Waals surface area contributed by atoms with E-state index in [0.29, 0.717) is 29.8 Å². The SMILES string of the molecule is CC(C)C[C@H](NC(=O)[C@H](CC(C)C)NC(=O)[C@@H](N)Cc1[nH]cnc1-c1cccc([N+](=O)[O-])c1)C(N)=O. The van der Waals surface area contributed by atoms with E-state index in [9.17, 15) is 24.5 Å². The maximum absolute atomic E-state index is 12.9. The maximum Gasteiger partial charge on any atom is 0.270 e. The Balaban J connectivity index is 2.13. The Bertz CT molecular complexity index is 1080. The maximum atomic E-state index is 12.9. The molecule has 3 amide bonds. The van der Waals surface area contributed by atoms with Gasteiger partial charge < -0.3 is 27.1 Å². The Kier molecular flexibility index (Phi) is 10.1. The second-order valence-corrected chi connectivity index (χ2v) is 9.63. The number of benzene rings is 1. The summed E-state index contributed by atoms with van der Waals surface area (Å²) in [7, 11) is 0. The molecule has 7 N–H and O–H groups in total. The Morgan fingerprint density at radius 2 is 1.67 bits per heavy atom. The molecule has 0 saturated heterocycles. The zero-order valence-electron chi connectivity index (χ0n) is 21.0. The summed E-state index contributed by atoms with van der Waals surface area (Å²) in [4.78, 5) is 55.4. The van der Waals surface area contributed by atoms with Gasteiger partial charge in [0.15, 0.2) is 0 Å². The van der Waals surface area contributed by atoms with Crippen LogP contribution in [-0.4, -0.2) is 50.7 Å². The Morgan fingerprint density at radius 3 is 2.25 bits per heavy atom. The van der Waals surface area contributed by atoms with E-state index in [1.165, 1.54) is 18.5 Å². The van der Waals surface area contributed by atoms with Crippen molar-refractivity contribution in [3.8, 4) is 11.3 Å². The highest BCUT2D eigenvalue weighted by atomic mass is 16.6. The molecule has 196 valence electrons. The highest BCUT2D eigenvalue weighted by Crippen LogP contribution is 2.25. The lowest BCUT2D eigenvalue weighted by atomic mass is 9.99. The molecule has 12 nitrogen and oxygen atoms in total. The normalized spacial score (nSPS) is 13.8. The van der Waals surface area contributed by atoms with E-state index < -0.39 is 40.8 Å². The van der Waals surface area contributed by atoms with Crippen LogP contribution in [0.4, 0.5) is 5.69 Å². The van der Waals surface area contributed by atoms with Crippen LogP contribution in [0, 0.1) is 22.0 Å². The van der Waals surface area contributed by atoms with Crippen LogP contribution in [0.25, 0.3) is 11.3 Å². The number of carbonyl (C=O) groups is 3. The third kappa shape index (κ3) is 8.15. The van der Waals surface area contributed by atoms with E-state index in [2.05, 4.69) is 20.6 Å². The van der Waals surface area contributed by atoms with E-state index in [1.807, 2.05) is 27.7 Å². The van der Waals surface area contributed by atoms with Crippen LogP contribution in [0.2, 0.25) is 0 Å². The standard InChI is InChI=1S/C24H35N7O5/c1-13(2)8-19(22(26)32)29-24(34)20(9-14(3)4)30-23(33)17(25)11-18-21(28-12-27-18)15-6-5-7-16(10-15)31(35)36/h5-7,10,12-14,17,19-20H,8-9,11,25H2,1-4H3,(H2,26,32)(H,27,28)(H,29,34)(H,30,33)/t17-,19-,20-/m0/s1. The molecule has 12 heteroatoms. The molecule has 0 aliphatic rings. The third-order valence-electron chi connectivity index (χ3n) is 5.52. The number of amides is 3. The number of nitrogens with two attached hydrogens (primary N) is 2. The first kappa shape index (κ1) is 28.4. The number of carbonyl (C=O) groups excluding carboxylic acids is 3. The number of hydrogen-bond acceptors (Lipinski definition) is 7. The summed E-state index contributed by atoms with van der Waals surface area (Å²) in [6.07, 6.45) is 2.18. The molecule has 2 rings (SSSR count). The van der Waals surface area contributed by atoms with Crippen molar-refractivity contribution in [3.63, 3.8) is 0 Å². The van der Waals surface area contributed by atoms with E-state index in [-0.39, 0.29) is 23.9 Å². The average Bonchev–Trinajstić information content (AvgIpc) is 3.25. The van der Waals surface area contributed by atoms with Crippen LogP contribution in [0.15, 0.2) is 30.6 Å². The molecule has 0 unspecified atom stereocenters. The van der Waals surface area contributed by atoms with Crippen molar-refractivity contribution in [1.82, 2.24) is 20.6 Å². The second-order valence-electron chi connectivity index (χ2n) is 9.63. The van der Waals surface area contributed by atoms with Gasteiger partial charge in [-0.15, -0.1) is 0 Å². The fraction of sp³-hybridized carbons (Fsp3) is 0.500. The molecule has 1 aromatic carbocycles. The van der Waals surface area contributed by atoms with Crippen LogP contribution in [0.5, 0.6) is 0 Å². The van der Waals surface area contributed by atoms with Gasteiger partial charge in [-0.05, 0) is 24.7 Å². The molecule has 1 aromatic heterocycles. The number of hydrogen-bond donors (Lipinski definition) is 5. The largest absolute Gasteiger partial charge is 0.368 e. The minimum absolute atomic E-state index is 0.0527. The summed E-state index contributed by atoms with van der Waals surface area (Å²) in [6.45, 7) is 7.63. The number of rotatable bonds is 13. The first-order valence-corrected chi connectivity index (χ1v) is 11.8. The van der Waals surface area contributed by atoms with E-state index >= 15 is 0 Å². The number of imidazole rings is 1. The van der Waals surface area contributed by atoms with Crippen molar-refractivity contribution in [2.24, 2.45) is 23.3 Å². The lowest BCUT2D eigenvalue weighted by molar-refractivity contribution is -0.384. The summed E-state index contributed by atoms with van der Waals surface area (Å²) in [5.41, 5.74) is 13.0. The zero-order chi connectivity index (χ0) is 27.0. The minimum atomic E-state index is -1.03. The Morgan fingerprint density at radius 1 is 1.06 bits per heavy atom. The van der Waals surface area contributed by atoms with Crippen molar-refractivity contribution < 1.29 is 19.3 Å². The fourth-order valence-corrected chi connectivity index (χ4v) is 3.78. The first-order chi connectivity index (χ1) is 16.9. The van der Waals surface area contributed by atoms with Gasteiger partial charge in [0.25, 0.3) is 5.69 Å². The molecule has 3 atom stereocenters. The highest BCUT2D eigenvalue weighted by Gasteiger charge is 2.29. The fourth-order valence-electron chi connectivity index (χ4n) is 3.78. The molecule has 1 heterocycles. The zero-order valence-corrected chi connectivity index (χ0v) is 21.0. The number of nitrogens with zero attached hydrogens (tertiary/aromatic N) is 2. The average molecular weight is 502 g/mol. The number of nitro benzene ring substituents is 1. The van der Waals surface area contributed by atoms with Crippen LogP contribution in [0.1, 0.15) is 46.2 Å². The van der Waals surface area contributed by atoms with Crippen molar-refractivity contribution in [2.45, 2.75) is 65.1 Å². The lowest BCUT2D eigenvalue weighted by Gasteiger charge is -2.25. The van der Waals surface area contributed by atoms with Gasteiger partial charge in [-0.25, -0.2) is 4.98 Å². The number of H-pyrrole nitrogens is 1.